The first-order valence-corrected chi connectivity index (χ1v) is 16.4. The first-order valence-electron chi connectivity index (χ1n) is 13.5. The number of nitrogens with one attached hydrogen (secondary N) is 4. The lowest BCUT2D eigenvalue weighted by Crippen LogP contribution is -2.48. The van der Waals surface area contributed by atoms with Gasteiger partial charge < -0.3 is 18.9 Å². The van der Waals surface area contributed by atoms with Crippen LogP contribution in [0, 0.1) is 0 Å². The zero-order chi connectivity index (χ0) is 40.5. The van der Waals surface area contributed by atoms with Gasteiger partial charge in [0.05, 0.1) is 0 Å². The molecule has 0 saturated heterocycles. The average Bonchev–Trinajstić information content (AvgIpc) is 2.71. The molecule has 0 bridgehead atoms. The maximum Gasteiger partial charge on any atom is 0.518 e. The number of nitrogens with zero attached hydrogens (tertiary/aromatic N) is 2. The van der Waals surface area contributed by atoms with E-state index in [9.17, 15) is 62.4 Å². The van der Waals surface area contributed by atoms with E-state index in [1.807, 2.05) is 0 Å². The topological polar surface area (TPSA) is 246 Å². The molecule has 292 valence electrons. The van der Waals surface area contributed by atoms with Gasteiger partial charge >= 0.3 is 55.4 Å². The molecule has 0 aromatic rings. The van der Waals surface area contributed by atoms with Gasteiger partial charge in [-0.05, 0) is 83.1 Å². The molecule has 0 heterocycles. The number of halogens is 6. The van der Waals surface area contributed by atoms with Gasteiger partial charge in [-0.1, -0.05) is 0 Å². The summed E-state index contributed by atoms with van der Waals surface area (Å²) in [6.07, 6.45) is -5.33. The van der Waals surface area contributed by atoms with Gasteiger partial charge in [-0.15, -0.1) is 8.80 Å². The Hall–Kier alpha value is -4.10. The Kier molecular flexibility index (Phi) is 16.1. The summed E-state index contributed by atoms with van der Waals surface area (Å²) in [6.45, 7) is 17.5. The van der Waals surface area contributed by atoms with Crippen LogP contribution in [0.1, 0.15) is 83.1 Å². The van der Waals surface area contributed by atoms with Crippen LogP contribution in [0.15, 0.2) is 8.80 Å². The van der Waals surface area contributed by atoms with E-state index in [0.29, 0.717) is 0 Å². The molecule has 0 atom stereocenters. The zero-order valence-electron chi connectivity index (χ0n) is 28.9. The summed E-state index contributed by atoms with van der Waals surface area (Å²) >= 11 is 0. The molecule has 0 aliphatic carbocycles. The number of alkyl halides is 6. The lowest BCUT2D eigenvalue weighted by Gasteiger charge is -2.22. The van der Waals surface area contributed by atoms with E-state index in [1.54, 1.807) is 21.3 Å². The fourth-order valence-electron chi connectivity index (χ4n) is 2.10. The summed E-state index contributed by atoms with van der Waals surface area (Å²) in [4.78, 5) is 46.4. The Balaban J connectivity index is 0. The lowest BCUT2D eigenvalue weighted by molar-refractivity contribution is -0.0441. The van der Waals surface area contributed by atoms with Gasteiger partial charge in [0.2, 0.25) is 11.9 Å². The highest BCUT2D eigenvalue weighted by Crippen LogP contribution is 2.25. The molecule has 26 heteroatoms. The molecule has 0 radical (unpaired) electrons. The maximum absolute atomic E-state index is 12.4. The maximum atomic E-state index is 12.4. The fraction of sp³-hybridized carbons (Fsp3) is 0.750. The Morgan fingerprint density at radius 2 is 0.580 bits per heavy atom. The number of ether oxygens (including phenoxy) is 4. The second kappa shape index (κ2) is 16.7. The predicted octanol–water partition coefficient (Wildman–Crippen LogP) is 4.48. The molecule has 4 amide bonds. The van der Waals surface area contributed by atoms with Crippen LogP contribution in [-0.4, -0.2) is 86.5 Å². The summed E-state index contributed by atoms with van der Waals surface area (Å²) in [6, 6.07) is 0. The van der Waals surface area contributed by atoms with Crippen LogP contribution in [0.3, 0.4) is 0 Å². The third-order valence-corrected chi connectivity index (χ3v) is 5.50. The number of alkyl carbamates (subject to hydrolysis) is 4. The Morgan fingerprint density at radius 1 is 0.420 bits per heavy atom. The Labute approximate surface area is 284 Å². The number of hydrogen-bond acceptors (Lipinski definition) is 12. The van der Waals surface area contributed by atoms with Crippen molar-refractivity contribution in [1.82, 2.24) is 21.3 Å². The highest BCUT2D eigenvalue weighted by molar-refractivity contribution is 7.91. The summed E-state index contributed by atoms with van der Waals surface area (Å²) in [7, 11) is -12.1. The molecule has 0 unspecified atom stereocenters. The predicted molar refractivity (Wildman–Crippen MR) is 162 cm³/mol. The minimum atomic E-state index is -6.03. The minimum Gasteiger partial charge on any atom is -0.444 e. The smallest absolute Gasteiger partial charge is 0.444 e. The highest BCUT2D eigenvalue weighted by Gasteiger charge is 2.47. The van der Waals surface area contributed by atoms with Crippen molar-refractivity contribution in [3.63, 3.8) is 0 Å². The third-order valence-electron chi connectivity index (χ3n) is 3.49. The van der Waals surface area contributed by atoms with Gasteiger partial charge in [-0.2, -0.15) is 43.2 Å². The number of rotatable bonds is 2. The van der Waals surface area contributed by atoms with E-state index < -0.39 is 89.8 Å². The molecule has 0 aliphatic rings. The SMILES string of the molecule is CC(C)(C)OC(=O)NC(=NS(=O)(=O)C(F)(F)F)NC(=O)OC(C)(C)C.CC(C)(C)OC(=O)NC(=NS(=O)(=O)C(F)(F)F)NC(=O)OC(C)(C)C. The van der Waals surface area contributed by atoms with Crippen LogP contribution >= 0.6 is 0 Å². The highest BCUT2D eigenvalue weighted by atomic mass is 32.2. The van der Waals surface area contributed by atoms with Crippen molar-refractivity contribution in [2.75, 3.05) is 0 Å². The zero-order valence-corrected chi connectivity index (χ0v) is 30.5. The van der Waals surface area contributed by atoms with Crippen LogP contribution in [0.4, 0.5) is 45.5 Å². The van der Waals surface area contributed by atoms with E-state index in [2.05, 4.69) is 8.80 Å². The molecular weight excluding hydrogens is 742 g/mol. The second-order valence-electron chi connectivity index (χ2n) is 13.2. The minimum absolute atomic E-state index is 1.04. The summed E-state index contributed by atoms with van der Waals surface area (Å²) in [5.41, 5.74) is -15.6. The number of carbonyl (C=O) groups excluding carboxylic acids is 4. The van der Waals surface area contributed by atoms with Crippen molar-refractivity contribution in [3.05, 3.63) is 0 Å². The molecule has 0 aromatic carbocycles. The summed E-state index contributed by atoms with van der Waals surface area (Å²) in [5.74, 6) is -2.64. The van der Waals surface area contributed by atoms with E-state index in [-0.39, 0.29) is 0 Å². The number of amides is 4. The van der Waals surface area contributed by atoms with Crippen molar-refractivity contribution < 1.29 is 81.3 Å². The summed E-state index contributed by atoms with van der Waals surface area (Å²) < 4.78 is 143. The molecule has 0 rings (SSSR count). The van der Waals surface area contributed by atoms with Crippen molar-refractivity contribution in [1.29, 1.82) is 0 Å². The molecule has 0 fully saturated rings. The first-order chi connectivity index (χ1) is 21.6. The second-order valence-corrected chi connectivity index (χ2v) is 16.4. The molecule has 4 N–H and O–H groups in total. The molecule has 0 saturated carbocycles. The molecule has 0 aromatic heterocycles. The Morgan fingerprint density at radius 3 is 0.700 bits per heavy atom. The first kappa shape index (κ1) is 48.0. The van der Waals surface area contributed by atoms with Crippen LogP contribution in [0.25, 0.3) is 0 Å². The fourth-order valence-corrected chi connectivity index (χ4v) is 2.97. The van der Waals surface area contributed by atoms with Crippen molar-refractivity contribution in [2.24, 2.45) is 8.80 Å². The van der Waals surface area contributed by atoms with Crippen LogP contribution in [-0.2, 0) is 39.0 Å². The number of carbonyl (C=O) groups is 4. The average molecular weight is 783 g/mol. The largest absolute Gasteiger partial charge is 0.518 e. The normalized spacial score (nSPS) is 12.8. The standard InChI is InChI=1S/2C12H20F3N3O6S/c2*1-10(2,3)23-8(19)16-7(17-9(20)24-11(4,5)6)18-25(21,22)12(13,14)15/h2*1-6H3,(H2,16,17,18,19,20). The van der Waals surface area contributed by atoms with Gasteiger partial charge in [0, 0.05) is 0 Å². The van der Waals surface area contributed by atoms with E-state index in [4.69, 9.17) is 18.9 Å². The van der Waals surface area contributed by atoms with E-state index >= 15 is 0 Å². The molecule has 0 spiro atoms. The van der Waals surface area contributed by atoms with Gasteiger partial charge in [0.15, 0.2) is 0 Å². The van der Waals surface area contributed by atoms with E-state index in [1.165, 1.54) is 83.1 Å². The van der Waals surface area contributed by atoms with E-state index in [0.717, 1.165) is 0 Å². The molecular formula is C24H40F6N6O12S2. The van der Waals surface area contributed by atoms with Crippen molar-refractivity contribution in [3.8, 4) is 0 Å². The van der Waals surface area contributed by atoms with Crippen molar-refractivity contribution >= 4 is 56.3 Å². The summed E-state index contributed by atoms with van der Waals surface area (Å²) in [5, 5.41) is 6.46. The van der Waals surface area contributed by atoms with Gasteiger partial charge in [0.25, 0.3) is 0 Å². The van der Waals surface area contributed by atoms with Crippen LogP contribution < -0.4 is 21.3 Å². The monoisotopic (exact) mass is 782 g/mol. The van der Waals surface area contributed by atoms with Crippen LogP contribution in [0.2, 0.25) is 0 Å². The van der Waals surface area contributed by atoms with Gasteiger partial charge in [0.1, 0.15) is 22.4 Å². The number of sulfonamides is 2. The third kappa shape index (κ3) is 22.5. The van der Waals surface area contributed by atoms with Gasteiger partial charge in [-0.3, -0.25) is 21.3 Å². The quantitative estimate of drug-likeness (QED) is 0.131. The molecule has 18 nitrogen and oxygen atoms in total. The number of hydrogen-bond donors (Lipinski definition) is 4. The van der Waals surface area contributed by atoms with Gasteiger partial charge in [-0.25, -0.2) is 19.2 Å². The van der Waals surface area contributed by atoms with Crippen LogP contribution in [0.5, 0.6) is 0 Å². The van der Waals surface area contributed by atoms with Crippen molar-refractivity contribution in [2.45, 2.75) is 117 Å². The Bertz CT molecular complexity index is 1340. The molecule has 50 heavy (non-hydrogen) atoms. The number of guanidine groups is 2. The molecule has 0 aliphatic heterocycles. The lowest BCUT2D eigenvalue weighted by atomic mass is 10.2.